The van der Waals surface area contributed by atoms with Crippen molar-refractivity contribution in [2.45, 2.75) is 136 Å². The highest BCUT2D eigenvalue weighted by Crippen LogP contribution is 2.33. The summed E-state index contributed by atoms with van der Waals surface area (Å²) in [5, 5.41) is 0. The van der Waals surface area contributed by atoms with E-state index in [1.807, 2.05) is 19.0 Å². The SMILES string of the molecule is CCCCCCCCCCC(C)(CCCCCCCCCC)C(=O)N(C)C. The van der Waals surface area contributed by atoms with Gasteiger partial charge in [-0.3, -0.25) is 4.79 Å². The van der Waals surface area contributed by atoms with E-state index in [0.717, 1.165) is 12.8 Å². The second-order valence-corrected chi connectivity index (χ2v) is 9.21. The molecule has 0 bridgehead atoms. The first-order valence-electron chi connectivity index (χ1n) is 12.2. The maximum atomic E-state index is 12.8. The second-order valence-electron chi connectivity index (χ2n) is 9.21. The number of nitrogens with zero attached hydrogens (tertiary/aromatic N) is 1. The van der Waals surface area contributed by atoms with E-state index in [9.17, 15) is 4.79 Å². The summed E-state index contributed by atoms with van der Waals surface area (Å²) in [7, 11) is 3.84. The number of carbonyl (C=O) groups is 1. The Labute approximate surface area is 171 Å². The normalized spacial score (nSPS) is 11.7. The minimum absolute atomic E-state index is 0.145. The van der Waals surface area contributed by atoms with E-state index in [0.29, 0.717) is 5.91 Å². The molecule has 0 aliphatic heterocycles. The summed E-state index contributed by atoms with van der Waals surface area (Å²) in [6.07, 6.45) is 23.5. The summed E-state index contributed by atoms with van der Waals surface area (Å²) < 4.78 is 0. The summed E-state index contributed by atoms with van der Waals surface area (Å²) >= 11 is 0. The van der Waals surface area contributed by atoms with Crippen LogP contribution >= 0.6 is 0 Å². The maximum absolute atomic E-state index is 12.8. The van der Waals surface area contributed by atoms with Crippen molar-refractivity contribution in [1.29, 1.82) is 0 Å². The van der Waals surface area contributed by atoms with E-state index < -0.39 is 0 Å². The Balaban J connectivity index is 4.05. The van der Waals surface area contributed by atoms with Crippen molar-refractivity contribution in [3.63, 3.8) is 0 Å². The van der Waals surface area contributed by atoms with Crippen LogP contribution < -0.4 is 0 Å². The van der Waals surface area contributed by atoms with Gasteiger partial charge in [-0.2, -0.15) is 0 Å². The molecule has 0 atom stereocenters. The van der Waals surface area contributed by atoms with Crippen LogP contribution in [0.3, 0.4) is 0 Å². The van der Waals surface area contributed by atoms with Gasteiger partial charge in [-0.1, -0.05) is 124 Å². The molecule has 0 spiro atoms. The topological polar surface area (TPSA) is 20.3 Å². The second kappa shape index (κ2) is 17.6. The third kappa shape index (κ3) is 14.2. The quantitative estimate of drug-likeness (QED) is 0.207. The fraction of sp³-hybridized carbons (Fsp3) is 0.960. The first kappa shape index (κ1) is 26.5. The average Bonchev–Trinajstić information content (AvgIpc) is 2.65. The standard InChI is InChI=1S/C25H51NO/c1-6-8-10-12-14-16-18-20-22-25(3,24(27)26(4)5)23-21-19-17-15-13-11-9-7-2/h6-23H2,1-5H3. The van der Waals surface area contributed by atoms with Gasteiger partial charge in [0.05, 0.1) is 0 Å². The molecule has 0 aliphatic carbocycles. The first-order valence-corrected chi connectivity index (χ1v) is 12.2. The van der Waals surface area contributed by atoms with Crippen LogP contribution in [0, 0.1) is 5.41 Å². The van der Waals surface area contributed by atoms with Crippen molar-refractivity contribution in [2.75, 3.05) is 14.1 Å². The Hall–Kier alpha value is -0.530. The fourth-order valence-corrected chi connectivity index (χ4v) is 4.18. The van der Waals surface area contributed by atoms with E-state index in [2.05, 4.69) is 20.8 Å². The molecule has 0 radical (unpaired) electrons. The third-order valence-electron chi connectivity index (χ3n) is 6.09. The monoisotopic (exact) mass is 381 g/mol. The largest absolute Gasteiger partial charge is 0.348 e. The first-order chi connectivity index (χ1) is 13.0. The fourth-order valence-electron chi connectivity index (χ4n) is 4.18. The molecule has 0 aliphatic rings. The molecule has 0 N–H and O–H groups in total. The number of amides is 1. The molecule has 2 nitrogen and oxygen atoms in total. The molecule has 0 aromatic carbocycles. The van der Waals surface area contributed by atoms with Crippen molar-refractivity contribution in [2.24, 2.45) is 5.41 Å². The molecule has 27 heavy (non-hydrogen) atoms. The van der Waals surface area contributed by atoms with Crippen LogP contribution in [0.15, 0.2) is 0 Å². The number of unbranched alkanes of at least 4 members (excludes halogenated alkanes) is 14. The van der Waals surface area contributed by atoms with Crippen LogP contribution in [-0.2, 0) is 4.79 Å². The van der Waals surface area contributed by atoms with Gasteiger partial charge in [-0.25, -0.2) is 0 Å². The van der Waals surface area contributed by atoms with Crippen molar-refractivity contribution >= 4 is 5.91 Å². The predicted molar refractivity (Wildman–Crippen MR) is 121 cm³/mol. The van der Waals surface area contributed by atoms with Crippen LogP contribution in [0.25, 0.3) is 0 Å². The lowest BCUT2D eigenvalue weighted by Crippen LogP contribution is -2.38. The van der Waals surface area contributed by atoms with E-state index >= 15 is 0 Å². The summed E-state index contributed by atoms with van der Waals surface area (Å²) in [5.41, 5.74) is -0.145. The highest BCUT2D eigenvalue weighted by atomic mass is 16.2. The van der Waals surface area contributed by atoms with Gasteiger partial charge in [-0.05, 0) is 12.8 Å². The summed E-state index contributed by atoms with van der Waals surface area (Å²) in [5.74, 6) is 0.341. The number of hydrogen-bond acceptors (Lipinski definition) is 1. The summed E-state index contributed by atoms with van der Waals surface area (Å²) in [6.45, 7) is 6.77. The Morgan fingerprint density at radius 1 is 0.593 bits per heavy atom. The smallest absolute Gasteiger partial charge is 0.227 e. The van der Waals surface area contributed by atoms with Crippen molar-refractivity contribution in [1.82, 2.24) is 4.90 Å². The highest BCUT2D eigenvalue weighted by Gasteiger charge is 2.33. The van der Waals surface area contributed by atoms with Gasteiger partial charge < -0.3 is 4.90 Å². The molecule has 0 fully saturated rings. The van der Waals surface area contributed by atoms with Gasteiger partial charge in [0.15, 0.2) is 0 Å². The molecule has 2 heteroatoms. The Bertz CT molecular complexity index is 317. The van der Waals surface area contributed by atoms with Gasteiger partial charge >= 0.3 is 0 Å². The molecular weight excluding hydrogens is 330 g/mol. The molecule has 0 heterocycles. The van der Waals surface area contributed by atoms with Gasteiger partial charge in [0, 0.05) is 19.5 Å². The van der Waals surface area contributed by atoms with Crippen LogP contribution in [0.2, 0.25) is 0 Å². The zero-order chi connectivity index (χ0) is 20.4. The average molecular weight is 382 g/mol. The molecule has 0 saturated carbocycles. The van der Waals surface area contributed by atoms with Gasteiger partial charge in [0.25, 0.3) is 0 Å². The van der Waals surface area contributed by atoms with Crippen LogP contribution in [0.4, 0.5) is 0 Å². The summed E-state index contributed by atoms with van der Waals surface area (Å²) in [4.78, 5) is 14.6. The van der Waals surface area contributed by atoms with Crippen LogP contribution in [0.5, 0.6) is 0 Å². The highest BCUT2D eigenvalue weighted by molar-refractivity contribution is 5.81. The summed E-state index contributed by atoms with van der Waals surface area (Å²) in [6, 6.07) is 0. The van der Waals surface area contributed by atoms with Gasteiger partial charge in [0.2, 0.25) is 5.91 Å². The number of rotatable bonds is 19. The lowest BCUT2D eigenvalue weighted by Gasteiger charge is -2.31. The number of hydrogen-bond donors (Lipinski definition) is 0. The molecular formula is C25H51NO. The van der Waals surface area contributed by atoms with E-state index in [1.165, 1.54) is 103 Å². The molecule has 0 aromatic rings. The minimum atomic E-state index is -0.145. The molecule has 1 amide bonds. The van der Waals surface area contributed by atoms with Crippen molar-refractivity contribution < 1.29 is 4.79 Å². The zero-order valence-electron chi connectivity index (χ0n) is 19.6. The third-order valence-corrected chi connectivity index (χ3v) is 6.09. The molecule has 0 rings (SSSR count). The van der Waals surface area contributed by atoms with Crippen molar-refractivity contribution in [3.05, 3.63) is 0 Å². The Kier molecular flexibility index (Phi) is 17.2. The van der Waals surface area contributed by atoms with Gasteiger partial charge in [-0.15, -0.1) is 0 Å². The zero-order valence-corrected chi connectivity index (χ0v) is 19.6. The molecule has 162 valence electrons. The lowest BCUT2D eigenvalue weighted by molar-refractivity contribution is -0.139. The molecule has 0 aromatic heterocycles. The minimum Gasteiger partial charge on any atom is -0.348 e. The van der Waals surface area contributed by atoms with E-state index in [1.54, 1.807) is 0 Å². The lowest BCUT2D eigenvalue weighted by atomic mass is 9.78. The van der Waals surface area contributed by atoms with Gasteiger partial charge in [0.1, 0.15) is 0 Å². The number of carbonyl (C=O) groups excluding carboxylic acids is 1. The van der Waals surface area contributed by atoms with Crippen molar-refractivity contribution in [3.8, 4) is 0 Å². The van der Waals surface area contributed by atoms with Crippen LogP contribution in [0.1, 0.15) is 136 Å². The Morgan fingerprint density at radius 2 is 0.889 bits per heavy atom. The van der Waals surface area contributed by atoms with Crippen LogP contribution in [-0.4, -0.2) is 24.9 Å². The Morgan fingerprint density at radius 3 is 1.19 bits per heavy atom. The maximum Gasteiger partial charge on any atom is 0.227 e. The predicted octanol–water partition coefficient (Wildman–Crippen LogP) is 8.14. The molecule has 0 saturated heterocycles. The molecule has 0 unspecified atom stereocenters. The van der Waals surface area contributed by atoms with E-state index in [4.69, 9.17) is 0 Å². The van der Waals surface area contributed by atoms with E-state index in [-0.39, 0.29) is 5.41 Å².